The molecule has 0 saturated heterocycles. The summed E-state index contributed by atoms with van der Waals surface area (Å²) in [4.78, 5) is 12.2. The van der Waals surface area contributed by atoms with Crippen LogP contribution in [0.3, 0.4) is 0 Å². The van der Waals surface area contributed by atoms with Gasteiger partial charge in [-0.3, -0.25) is 0 Å². The molecule has 74 valence electrons. The molecule has 0 aliphatic carbocycles. The number of esters is 1. The van der Waals surface area contributed by atoms with Crippen LogP contribution in [0, 0.1) is 0 Å². The van der Waals surface area contributed by atoms with Crippen LogP contribution in [0.4, 0.5) is 0 Å². The van der Waals surface area contributed by atoms with E-state index in [-0.39, 0.29) is 12.1 Å². The van der Waals surface area contributed by atoms with Crippen molar-refractivity contribution in [2.45, 2.75) is 13.0 Å². The van der Waals surface area contributed by atoms with E-state index >= 15 is 0 Å². The summed E-state index contributed by atoms with van der Waals surface area (Å²) in [5.41, 5.74) is 0.397. The zero-order valence-corrected chi connectivity index (χ0v) is 8.84. The molecule has 0 radical (unpaired) electrons. The van der Waals surface area contributed by atoms with Gasteiger partial charge < -0.3 is 4.74 Å². The fourth-order valence-electron chi connectivity index (χ4n) is 0.891. The fourth-order valence-corrected chi connectivity index (χ4v) is 1.64. The SMILES string of the molecule is C=CC(OC(=O)C(=C)C)c1cccs1. The molecule has 1 atom stereocenters. The first-order valence-corrected chi connectivity index (χ1v) is 5.05. The molecule has 1 unspecified atom stereocenters. The molecule has 14 heavy (non-hydrogen) atoms. The molecule has 2 nitrogen and oxygen atoms in total. The average molecular weight is 208 g/mol. The van der Waals surface area contributed by atoms with Gasteiger partial charge >= 0.3 is 5.97 Å². The van der Waals surface area contributed by atoms with Crippen molar-refractivity contribution in [1.82, 2.24) is 0 Å². The third kappa shape index (κ3) is 2.57. The van der Waals surface area contributed by atoms with Gasteiger partial charge in [0.15, 0.2) is 6.10 Å². The Hall–Kier alpha value is -1.35. The minimum Gasteiger partial charge on any atom is -0.449 e. The normalized spacial score (nSPS) is 11.8. The molecule has 0 saturated carbocycles. The lowest BCUT2D eigenvalue weighted by molar-refractivity contribution is -0.142. The summed E-state index contributed by atoms with van der Waals surface area (Å²) in [6, 6.07) is 3.81. The highest BCUT2D eigenvalue weighted by molar-refractivity contribution is 7.10. The fraction of sp³-hybridized carbons (Fsp3) is 0.182. The van der Waals surface area contributed by atoms with Gasteiger partial charge in [-0.2, -0.15) is 0 Å². The second-order valence-electron chi connectivity index (χ2n) is 2.86. The molecule has 0 aliphatic rings. The van der Waals surface area contributed by atoms with Crippen molar-refractivity contribution < 1.29 is 9.53 Å². The molecule has 1 rings (SSSR count). The van der Waals surface area contributed by atoms with E-state index in [9.17, 15) is 4.79 Å². The highest BCUT2D eigenvalue weighted by Crippen LogP contribution is 2.23. The van der Waals surface area contributed by atoms with E-state index in [1.54, 1.807) is 13.0 Å². The summed E-state index contributed by atoms with van der Waals surface area (Å²) >= 11 is 1.53. The van der Waals surface area contributed by atoms with Crippen molar-refractivity contribution >= 4 is 17.3 Å². The van der Waals surface area contributed by atoms with Gasteiger partial charge in [0.25, 0.3) is 0 Å². The molecule has 0 aliphatic heterocycles. The van der Waals surface area contributed by atoms with Crippen LogP contribution in [0.25, 0.3) is 0 Å². The third-order valence-electron chi connectivity index (χ3n) is 1.62. The molecule has 1 aromatic heterocycles. The number of rotatable bonds is 4. The van der Waals surface area contributed by atoms with Crippen LogP contribution in [-0.4, -0.2) is 5.97 Å². The molecular weight excluding hydrogens is 196 g/mol. The van der Waals surface area contributed by atoms with Crippen molar-refractivity contribution in [2.75, 3.05) is 0 Å². The molecule has 0 amide bonds. The Bertz CT molecular complexity index is 338. The van der Waals surface area contributed by atoms with E-state index in [1.165, 1.54) is 11.3 Å². The van der Waals surface area contributed by atoms with Gasteiger partial charge in [0.2, 0.25) is 0 Å². The summed E-state index contributed by atoms with van der Waals surface area (Å²) in [6.45, 7) is 8.77. The lowest BCUT2D eigenvalue weighted by Crippen LogP contribution is -2.08. The molecule has 0 fully saturated rings. The highest BCUT2D eigenvalue weighted by atomic mass is 32.1. The number of hydrogen-bond donors (Lipinski definition) is 0. The van der Waals surface area contributed by atoms with Gasteiger partial charge in [0.1, 0.15) is 0 Å². The van der Waals surface area contributed by atoms with Crippen LogP contribution >= 0.6 is 11.3 Å². The first-order valence-electron chi connectivity index (χ1n) is 4.17. The molecule has 1 aromatic rings. The Morgan fingerprint density at radius 1 is 1.71 bits per heavy atom. The zero-order chi connectivity index (χ0) is 10.6. The Morgan fingerprint density at radius 3 is 2.86 bits per heavy atom. The van der Waals surface area contributed by atoms with E-state index < -0.39 is 0 Å². The summed E-state index contributed by atoms with van der Waals surface area (Å²) in [6.07, 6.45) is 1.24. The maximum absolute atomic E-state index is 11.2. The lowest BCUT2D eigenvalue weighted by atomic mass is 10.3. The standard InChI is InChI=1S/C11H12O2S/c1-4-9(10-6-5-7-14-10)13-11(12)8(2)3/h4-7,9H,1-2H2,3H3. The summed E-state index contributed by atoms with van der Waals surface area (Å²) < 4.78 is 5.16. The quantitative estimate of drug-likeness (QED) is 0.432. The number of carbonyl (C=O) groups excluding carboxylic acids is 1. The monoisotopic (exact) mass is 208 g/mol. The number of ether oxygens (including phenoxy) is 1. The first kappa shape index (κ1) is 10.7. The van der Waals surface area contributed by atoms with E-state index in [0.29, 0.717) is 5.57 Å². The Kier molecular flexibility index (Phi) is 3.65. The van der Waals surface area contributed by atoms with Crippen LogP contribution in [0.15, 0.2) is 42.3 Å². The predicted octanol–water partition coefficient (Wildman–Crippen LogP) is 3.09. The minimum absolute atomic E-state index is 0.362. The summed E-state index contributed by atoms with van der Waals surface area (Å²) in [7, 11) is 0. The van der Waals surface area contributed by atoms with Crippen molar-refractivity contribution in [2.24, 2.45) is 0 Å². The van der Waals surface area contributed by atoms with Crippen LogP contribution in [0.2, 0.25) is 0 Å². The molecule has 0 aromatic carbocycles. The van der Waals surface area contributed by atoms with Crippen LogP contribution < -0.4 is 0 Å². The topological polar surface area (TPSA) is 26.3 Å². The Labute approximate surface area is 87.5 Å². The zero-order valence-electron chi connectivity index (χ0n) is 8.03. The molecule has 3 heteroatoms. The van der Waals surface area contributed by atoms with Crippen LogP contribution in [0.5, 0.6) is 0 Å². The van der Waals surface area contributed by atoms with E-state index in [1.807, 2.05) is 17.5 Å². The maximum Gasteiger partial charge on any atom is 0.334 e. The highest BCUT2D eigenvalue weighted by Gasteiger charge is 2.14. The summed E-state index contributed by atoms with van der Waals surface area (Å²) in [5, 5.41) is 1.93. The predicted molar refractivity (Wildman–Crippen MR) is 58.2 cm³/mol. The largest absolute Gasteiger partial charge is 0.449 e. The second-order valence-corrected chi connectivity index (χ2v) is 3.84. The molecule has 1 heterocycles. The number of hydrogen-bond acceptors (Lipinski definition) is 3. The number of carbonyl (C=O) groups is 1. The van der Waals surface area contributed by atoms with Gasteiger partial charge in [0.05, 0.1) is 0 Å². The molecular formula is C11H12O2S. The van der Waals surface area contributed by atoms with Crippen LogP contribution in [-0.2, 0) is 9.53 Å². The van der Waals surface area contributed by atoms with E-state index in [0.717, 1.165) is 4.88 Å². The molecule has 0 N–H and O–H groups in total. The average Bonchev–Trinajstić information content (AvgIpc) is 2.66. The van der Waals surface area contributed by atoms with Gasteiger partial charge in [-0.25, -0.2) is 4.79 Å². The maximum atomic E-state index is 11.2. The van der Waals surface area contributed by atoms with Gasteiger partial charge in [-0.05, 0) is 24.4 Å². The second kappa shape index (κ2) is 4.77. The molecule has 0 spiro atoms. The lowest BCUT2D eigenvalue weighted by Gasteiger charge is -2.11. The van der Waals surface area contributed by atoms with Crippen molar-refractivity contribution in [1.29, 1.82) is 0 Å². The van der Waals surface area contributed by atoms with Crippen molar-refractivity contribution in [3.63, 3.8) is 0 Å². The Morgan fingerprint density at radius 2 is 2.43 bits per heavy atom. The van der Waals surface area contributed by atoms with Gasteiger partial charge in [-0.1, -0.05) is 19.2 Å². The van der Waals surface area contributed by atoms with E-state index in [4.69, 9.17) is 4.74 Å². The smallest absolute Gasteiger partial charge is 0.334 e. The molecule has 0 bridgehead atoms. The minimum atomic E-state index is -0.386. The van der Waals surface area contributed by atoms with Crippen molar-refractivity contribution in [3.05, 3.63) is 47.2 Å². The van der Waals surface area contributed by atoms with Crippen LogP contribution in [0.1, 0.15) is 17.9 Å². The van der Waals surface area contributed by atoms with Gasteiger partial charge in [-0.15, -0.1) is 11.3 Å². The van der Waals surface area contributed by atoms with Crippen molar-refractivity contribution in [3.8, 4) is 0 Å². The summed E-state index contributed by atoms with van der Waals surface area (Å²) in [5.74, 6) is -0.386. The third-order valence-corrected chi connectivity index (χ3v) is 2.55. The number of thiophene rings is 1. The first-order chi connectivity index (χ1) is 6.65. The Balaban J connectivity index is 2.70. The van der Waals surface area contributed by atoms with Gasteiger partial charge in [0, 0.05) is 10.5 Å². The van der Waals surface area contributed by atoms with E-state index in [2.05, 4.69) is 13.2 Å².